The predicted octanol–water partition coefficient (Wildman–Crippen LogP) is 6.00. The number of aliphatic hydroxyl groups is 2. The van der Waals surface area contributed by atoms with E-state index in [1.807, 2.05) is 49.4 Å². The van der Waals surface area contributed by atoms with Crippen molar-refractivity contribution in [2.45, 2.75) is 57.5 Å². The van der Waals surface area contributed by atoms with Gasteiger partial charge in [0.1, 0.15) is 18.1 Å². The summed E-state index contributed by atoms with van der Waals surface area (Å²) in [5, 5.41) is 22.3. The van der Waals surface area contributed by atoms with E-state index in [-0.39, 0.29) is 5.92 Å². The van der Waals surface area contributed by atoms with Gasteiger partial charge in [0.2, 0.25) is 0 Å². The predicted molar refractivity (Wildman–Crippen MR) is 176 cm³/mol. The lowest BCUT2D eigenvalue weighted by Gasteiger charge is -2.38. The highest BCUT2D eigenvalue weighted by Gasteiger charge is 2.34. The van der Waals surface area contributed by atoms with Crippen LogP contribution in [0.2, 0.25) is 5.02 Å². The Morgan fingerprint density at radius 2 is 1.96 bits per heavy atom. The summed E-state index contributed by atoms with van der Waals surface area (Å²) in [5.74, 6) is 0.981. The first-order chi connectivity index (χ1) is 22.3. The molecule has 2 saturated heterocycles. The van der Waals surface area contributed by atoms with E-state index in [0.717, 1.165) is 66.9 Å². The van der Waals surface area contributed by atoms with Gasteiger partial charge in [-0.15, -0.1) is 0 Å². The molecule has 2 atom stereocenters. The smallest absolute Gasteiger partial charge is 0.415 e. The summed E-state index contributed by atoms with van der Waals surface area (Å²) in [6.07, 6.45) is 6.31. The van der Waals surface area contributed by atoms with Gasteiger partial charge in [0, 0.05) is 67.6 Å². The topological polar surface area (TPSA) is 105 Å². The third-order valence-electron chi connectivity index (χ3n) is 9.31. The van der Waals surface area contributed by atoms with E-state index in [1.165, 1.54) is 0 Å². The highest BCUT2D eigenvalue weighted by molar-refractivity contribution is 6.30. The van der Waals surface area contributed by atoms with E-state index in [4.69, 9.17) is 25.8 Å². The van der Waals surface area contributed by atoms with Crippen LogP contribution in [-0.4, -0.2) is 76.7 Å². The zero-order valence-electron chi connectivity index (χ0n) is 26.2. The number of likely N-dealkylation sites (tertiary alicyclic amines) is 2. The average molecular weight is 648 g/mol. The fourth-order valence-corrected chi connectivity index (χ4v) is 6.81. The number of fused-ring (bicyclic) bond motifs is 2. The Kier molecular flexibility index (Phi) is 10.3. The van der Waals surface area contributed by atoms with Crippen LogP contribution >= 0.6 is 11.6 Å². The Morgan fingerprint density at radius 3 is 2.74 bits per heavy atom. The number of ether oxygens (including phenoxy) is 3. The van der Waals surface area contributed by atoms with Crippen LogP contribution in [0.15, 0.2) is 66.9 Å². The first-order valence-electron chi connectivity index (χ1n) is 16.2. The van der Waals surface area contributed by atoms with Crippen LogP contribution in [0.5, 0.6) is 11.5 Å². The summed E-state index contributed by atoms with van der Waals surface area (Å²) < 4.78 is 17.4. The van der Waals surface area contributed by atoms with Crippen LogP contribution in [0.25, 0.3) is 5.57 Å². The normalized spacial score (nSPS) is 21.1. The van der Waals surface area contributed by atoms with Crippen LogP contribution in [0, 0.1) is 5.92 Å². The molecule has 244 valence electrons. The SMILES string of the molecule is CCOC(O)[C@H]1CCCN(C(=O)Oc2ccc3c(c2)/C(=C/CCN2CCC(O)(c4ccc(Cl)cc4)CC2)c2cccnc2CO3)C1. The van der Waals surface area contributed by atoms with Crippen molar-refractivity contribution in [1.29, 1.82) is 0 Å². The van der Waals surface area contributed by atoms with Gasteiger partial charge in [-0.3, -0.25) is 4.98 Å². The monoisotopic (exact) mass is 647 g/mol. The number of hydrogen-bond donors (Lipinski definition) is 2. The molecule has 10 heteroatoms. The number of aliphatic hydroxyl groups excluding tert-OH is 1. The minimum absolute atomic E-state index is 0.147. The molecular formula is C36H42ClN3O6. The molecule has 1 amide bonds. The lowest BCUT2D eigenvalue weighted by molar-refractivity contribution is -0.140. The first-order valence-corrected chi connectivity index (χ1v) is 16.6. The second kappa shape index (κ2) is 14.5. The van der Waals surface area contributed by atoms with Crippen LogP contribution in [0.4, 0.5) is 4.79 Å². The fourth-order valence-electron chi connectivity index (χ4n) is 6.69. The molecule has 0 spiro atoms. The van der Waals surface area contributed by atoms with Gasteiger partial charge in [0.25, 0.3) is 0 Å². The molecule has 3 aliphatic rings. The van der Waals surface area contributed by atoms with E-state index < -0.39 is 18.0 Å². The third-order valence-corrected chi connectivity index (χ3v) is 9.56. The Hall–Kier alpha value is -3.47. The quantitative estimate of drug-likeness (QED) is 0.287. The molecule has 1 aromatic heterocycles. The highest BCUT2D eigenvalue weighted by Crippen LogP contribution is 2.39. The number of rotatable bonds is 8. The van der Waals surface area contributed by atoms with Crippen molar-refractivity contribution in [3.05, 3.63) is 94.3 Å². The van der Waals surface area contributed by atoms with Crippen molar-refractivity contribution in [3.63, 3.8) is 0 Å². The maximum Gasteiger partial charge on any atom is 0.415 e. The molecule has 0 bridgehead atoms. The summed E-state index contributed by atoms with van der Waals surface area (Å²) in [6.45, 7) is 5.97. The molecule has 2 N–H and O–H groups in total. The Balaban J connectivity index is 1.16. The number of aromatic nitrogens is 1. The summed E-state index contributed by atoms with van der Waals surface area (Å²) >= 11 is 6.06. The minimum Gasteiger partial charge on any atom is -0.487 e. The summed E-state index contributed by atoms with van der Waals surface area (Å²) in [7, 11) is 0. The van der Waals surface area contributed by atoms with E-state index in [9.17, 15) is 15.0 Å². The van der Waals surface area contributed by atoms with Gasteiger partial charge in [-0.25, -0.2) is 4.79 Å². The Bertz CT molecular complexity index is 1540. The molecule has 0 aliphatic carbocycles. The number of halogens is 1. The van der Waals surface area contributed by atoms with Gasteiger partial charge in [0.05, 0.1) is 11.3 Å². The van der Waals surface area contributed by atoms with Crippen molar-refractivity contribution in [1.82, 2.24) is 14.8 Å². The maximum atomic E-state index is 13.2. The van der Waals surface area contributed by atoms with E-state index in [1.54, 1.807) is 17.2 Å². The van der Waals surface area contributed by atoms with Crippen molar-refractivity contribution >= 4 is 23.3 Å². The van der Waals surface area contributed by atoms with Crippen molar-refractivity contribution in [2.75, 3.05) is 39.3 Å². The number of nitrogens with zero attached hydrogens (tertiary/aromatic N) is 3. The Morgan fingerprint density at radius 1 is 1.15 bits per heavy atom. The van der Waals surface area contributed by atoms with Crippen LogP contribution in [0.1, 0.15) is 61.4 Å². The number of carbonyl (C=O) groups is 1. The standard InChI is InChI=1S/C36H42ClN3O6/c1-2-44-34(41)25-6-4-19-40(23-25)35(42)46-28-13-14-33-31(22-28)29(30-7-3-17-38-32(30)24-45-33)8-5-18-39-20-15-36(43,16-21-39)26-9-11-27(37)12-10-26/h3,7-14,17,22,25,34,41,43H,2,4-6,15-16,18-21,23-24H2,1H3/b29-8+/t25-,34?/m0/s1. The van der Waals surface area contributed by atoms with Crippen molar-refractivity contribution in [3.8, 4) is 11.5 Å². The van der Waals surface area contributed by atoms with Crippen LogP contribution in [0.3, 0.4) is 0 Å². The fraction of sp³-hybridized carbons (Fsp3) is 0.444. The number of pyridine rings is 1. The van der Waals surface area contributed by atoms with Gasteiger partial charge in [0.15, 0.2) is 6.29 Å². The van der Waals surface area contributed by atoms with E-state index >= 15 is 0 Å². The van der Waals surface area contributed by atoms with Gasteiger partial charge in [-0.05, 0) is 86.6 Å². The zero-order valence-corrected chi connectivity index (χ0v) is 27.0. The summed E-state index contributed by atoms with van der Waals surface area (Å²) in [6, 6.07) is 16.9. The molecule has 0 saturated carbocycles. The molecular weight excluding hydrogens is 606 g/mol. The van der Waals surface area contributed by atoms with E-state index in [0.29, 0.717) is 55.7 Å². The second-order valence-electron chi connectivity index (χ2n) is 12.3. The van der Waals surface area contributed by atoms with Gasteiger partial charge in [-0.2, -0.15) is 0 Å². The minimum atomic E-state index is -0.897. The number of piperidine rings is 2. The lowest BCUT2D eigenvalue weighted by Crippen LogP contribution is -2.45. The van der Waals surface area contributed by atoms with Crippen molar-refractivity contribution < 1.29 is 29.2 Å². The summed E-state index contributed by atoms with van der Waals surface area (Å²) in [5.41, 5.74) is 3.74. The molecule has 3 aliphatic heterocycles. The first kappa shape index (κ1) is 32.5. The number of carbonyl (C=O) groups excluding carboxylic acids is 1. The third kappa shape index (κ3) is 7.40. The zero-order chi connectivity index (χ0) is 32.1. The number of benzene rings is 2. The average Bonchev–Trinajstić information content (AvgIpc) is 3.23. The maximum absolute atomic E-state index is 13.2. The molecule has 9 nitrogen and oxygen atoms in total. The number of hydrogen-bond acceptors (Lipinski definition) is 8. The summed E-state index contributed by atoms with van der Waals surface area (Å²) in [4.78, 5) is 21.8. The molecule has 2 fully saturated rings. The second-order valence-corrected chi connectivity index (χ2v) is 12.7. The van der Waals surface area contributed by atoms with Gasteiger partial charge >= 0.3 is 6.09 Å². The highest BCUT2D eigenvalue weighted by atomic mass is 35.5. The van der Waals surface area contributed by atoms with Crippen molar-refractivity contribution in [2.24, 2.45) is 5.92 Å². The Labute approximate surface area is 275 Å². The molecule has 4 heterocycles. The molecule has 6 rings (SSSR count). The molecule has 2 aromatic carbocycles. The van der Waals surface area contributed by atoms with Gasteiger partial charge < -0.3 is 34.2 Å². The van der Waals surface area contributed by atoms with Gasteiger partial charge in [-0.1, -0.05) is 35.9 Å². The van der Waals surface area contributed by atoms with Crippen LogP contribution < -0.4 is 9.47 Å². The molecule has 3 aromatic rings. The lowest BCUT2D eigenvalue weighted by atomic mass is 9.84. The molecule has 46 heavy (non-hydrogen) atoms. The largest absolute Gasteiger partial charge is 0.487 e. The molecule has 0 radical (unpaired) electrons. The number of amides is 1. The van der Waals surface area contributed by atoms with Crippen LogP contribution in [-0.2, 0) is 16.9 Å². The van der Waals surface area contributed by atoms with E-state index in [2.05, 4.69) is 22.0 Å². The molecule has 1 unspecified atom stereocenters.